The molecule has 0 radical (unpaired) electrons. The van der Waals surface area contributed by atoms with Gasteiger partial charge in [-0.25, -0.2) is 4.79 Å². The summed E-state index contributed by atoms with van der Waals surface area (Å²) in [7, 11) is 1.79. The lowest BCUT2D eigenvalue weighted by Crippen LogP contribution is -2.23. The molecule has 0 unspecified atom stereocenters. The molecule has 2 rings (SSSR count). The molecule has 5 nitrogen and oxygen atoms in total. The number of anilines is 1. The molecule has 2 N–H and O–H groups in total. The molecule has 0 spiro atoms. The zero-order valence-corrected chi connectivity index (χ0v) is 14.2. The molecule has 0 saturated carbocycles. The number of nitrogens with one attached hydrogen (secondary N) is 2. The summed E-state index contributed by atoms with van der Waals surface area (Å²) in [5.74, 6) is -0.482. The summed E-state index contributed by atoms with van der Waals surface area (Å²) in [6.45, 7) is 4.46. The summed E-state index contributed by atoms with van der Waals surface area (Å²) in [6.07, 6.45) is 0. The van der Waals surface area contributed by atoms with Crippen LogP contribution in [0.1, 0.15) is 38.8 Å². The number of amides is 1. The van der Waals surface area contributed by atoms with Gasteiger partial charge in [-0.2, -0.15) is 0 Å². The molecule has 0 aliphatic carbocycles. The van der Waals surface area contributed by atoms with Crippen molar-refractivity contribution in [1.29, 1.82) is 0 Å². The maximum atomic E-state index is 12.4. The van der Waals surface area contributed by atoms with Gasteiger partial charge in [0.15, 0.2) is 0 Å². The van der Waals surface area contributed by atoms with Crippen molar-refractivity contribution < 1.29 is 14.3 Å². The Morgan fingerprint density at radius 3 is 2.42 bits per heavy atom. The topological polar surface area (TPSA) is 67.4 Å². The van der Waals surface area contributed by atoms with Crippen LogP contribution in [0.4, 0.5) is 5.69 Å². The average molecular weight is 326 g/mol. The highest BCUT2D eigenvalue weighted by atomic mass is 16.5. The minimum atomic E-state index is -0.341. The van der Waals surface area contributed by atoms with E-state index in [1.807, 2.05) is 37.3 Å². The first-order valence-electron chi connectivity index (χ1n) is 7.87. The number of rotatable bonds is 6. The van der Waals surface area contributed by atoms with Gasteiger partial charge in [0.25, 0.3) is 5.91 Å². The van der Waals surface area contributed by atoms with Gasteiger partial charge in [0.2, 0.25) is 0 Å². The Kier molecular flexibility index (Phi) is 5.95. The first-order valence-corrected chi connectivity index (χ1v) is 7.87. The molecule has 0 heterocycles. The summed E-state index contributed by atoms with van der Waals surface area (Å²) in [6, 6.07) is 12.7. The van der Waals surface area contributed by atoms with Crippen molar-refractivity contribution >= 4 is 17.6 Å². The van der Waals surface area contributed by atoms with E-state index in [9.17, 15) is 9.59 Å². The molecule has 5 heteroatoms. The third-order valence-corrected chi connectivity index (χ3v) is 3.61. The Morgan fingerprint density at radius 2 is 1.79 bits per heavy atom. The highest BCUT2D eigenvalue weighted by Gasteiger charge is 2.11. The molecule has 0 atom stereocenters. The molecule has 0 aliphatic rings. The van der Waals surface area contributed by atoms with Gasteiger partial charge >= 0.3 is 5.97 Å². The molecule has 2 aromatic rings. The van der Waals surface area contributed by atoms with Crippen LogP contribution in [-0.4, -0.2) is 25.5 Å². The van der Waals surface area contributed by atoms with Gasteiger partial charge in [-0.3, -0.25) is 4.79 Å². The van der Waals surface area contributed by atoms with Gasteiger partial charge in [-0.1, -0.05) is 23.8 Å². The van der Waals surface area contributed by atoms with E-state index < -0.39 is 0 Å². The van der Waals surface area contributed by atoms with Gasteiger partial charge in [-0.05, 0) is 43.7 Å². The van der Waals surface area contributed by atoms with E-state index in [1.165, 1.54) is 0 Å². The number of ether oxygens (including phenoxy) is 1. The molecule has 24 heavy (non-hydrogen) atoms. The molecule has 0 aromatic heterocycles. The van der Waals surface area contributed by atoms with E-state index in [1.54, 1.807) is 26.1 Å². The van der Waals surface area contributed by atoms with Crippen LogP contribution in [0.2, 0.25) is 0 Å². The number of carbonyl (C=O) groups excluding carboxylic acids is 2. The first-order chi connectivity index (χ1) is 11.5. The second kappa shape index (κ2) is 8.15. The monoisotopic (exact) mass is 326 g/mol. The van der Waals surface area contributed by atoms with E-state index in [0.29, 0.717) is 24.3 Å². The van der Waals surface area contributed by atoms with E-state index in [0.717, 1.165) is 16.8 Å². The van der Waals surface area contributed by atoms with Crippen LogP contribution in [0.15, 0.2) is 42.5 Å². The minimum absolute atomic E-state index is 0.141. The third-order valence-electron chi connectivity index (χ3n) is 3.61. The molecule has 1 amide bonds. The van der Waals surface area contributed by atoms with Gasteiger partial charge in [-0.15, -0.1) is 0 Å². The maximum Gasteiger partial charge on any atom is 0.338 e. The fraction of sp³-hybridized carbons (Fsp3) is 0.263. The lowest BCUT2D eigenvalue weighted by molar-refractivity contribution is 0.0526. The van der Waals surface area contributed by atoms with E-state index in [4.69, 9.17) is 4.74 Å². The molecule has 0 aliphatic heterocycles. The standard InChI is InChI=1S/C19H22N2O3/c1-4-24-19(23)15-8-6-14(7-9-15)12-21-18(22)16-11-13(2)5-10-17(16)20-3/h5-11,20H,4,12H2,1-3H3,(H,21,22). The molecule has 2 aromatic carbocycles. The average Bonchev–Trinajstić information content (AvgIpc) is 2.60. The Bertz CT molecular complexity index is 724. The summed E-state index contributed by atoms with van der Waals surface area (Å²) in [5, 5.41) is 5.92. The van der Waals surface area contributed by atoms with Crippen LogP contribution in [0.25, 0.3) is 0 Å². The van der Waals surface area contributed by atoms with Crippen molar-refractivity contribution in [2.45, 2.75) is 20.4 Å². The van der Waals surface area contributed by atoms with Gasteiger partial charge in [0.05, 0.1) is 17.7 Å². The van der Waals surface area contributed by atoms with Gasteiger partial charge in [0, 0.05) is 19.3 Å². The van der Waals surface area contributed by atoms with Crippen LogP contribution in [0.3, 0.4) is 0 Å². The molecule has 0 saturated heterocycles. The highest BCUT2D eigenvalue weighted by molar-refractivity contribution is 5.99. The number of hydrogen-bond acceptors (Lipinski definition) is 4. The second-order valence-electron chi connectivity index (χ2n) is 5.40. The second-order valence-corrected chi connectivity index (χ2v) is 5.40. The normalized spacial score (nSPS) is 10.1. The fourth-order valence-corrected chi connectivity index (χ4v) is 2.31. The summed E-state index contributed by atoms with van der Waals surface area (Å²) >= 11 is 0. The number of esters is 1. The van der Waals surface area contributed by atoms with E-state index in [2.05, 4.69) is 10.6 Å². The highest BCUT2D eigenvalue weighted by Crippen LogP contribution is 2.17. The largest absolute Gasteiger partial charge is 0.462 e. The predicted octanol–water partition coefficient (Wildman–Crippen LogP) is 3.14. The molecule has 0 bridgehead atoms. The number of benzene rings is 2. The Morgan fingerprint density at radius 1 is 1.08 bits per heavy atom. The molecular formula is C19H22N2O3. The molecule has 0 fully saturated rings. The lowest BCUT2D eigenvalue weighted by Gasteiger charge is -2.11. The zero-order chi connectivity index (χ0) is 17.5. The van der Waals surface area contributed by atoms with Crippen molar-refractivity contribution in [3.63, 3.8) is 0 Å². The van der Waals surface area contributed by atoms with E-state index in [-0.39, 0.29) is 11.9 Å². The molecule has 126 valence electrons. The van der Waals surface area contributed by atoms with Crippen LogP contribution in [0, 0.1) is 6.92 Å². The molecular weight excluding hydrogens is 304 g/mol. The van der Waals surface area contributed by atoms with Crippen molar-refractivity contribution in [2.24, 2.45) is 0 Å². The number of aryl methyl sites for hydroxylation is 1. The third kappa shape index (κ3) is 4.35. The van der Waals surface area contributed by atoms with Crippen LogP contribution >= 0.6 is 0 Å². The summed E-state index contributed by atoms with van der Waals surface area (Å²) in [4.78, 5) is 24.0. The van der Waals surface area contributed by atoms with Crippen LogP contribution in [-0.2, 0) is 11.3 Å². The van der Waals surface area contributed by atoms with Crippen LogP contribution in [0.5, 0.6) is 0 Å². The number of carbonyl (C=O) groups is 2. The quantitative estimate of drug-likeness (QED) is 0.800. The Balaban J connectivity index is 2.02. The maximum absolute atomic E-state index is 12.4. The van der Waals surface area contributed by atoms with Crippen molar-refractivity contribution in [3.8, 4) is 0 Å². The summed E-state index contributed by atoms with van der Waals surface area (Å²) < 4.78 is 4.94. The zero-order valence-electron chi connectivity index (χ0n) is 14.2. The SMILES string of the molecule is CCOC(=O)c1ccc(CNC(=O)c2cc(C)ccc2NC)cc1. The van der Waals surface area contributed by atoms with Crippen LogP contribution < -0.4 is 10.6 Å². The Labute approximate surface area is 142 Å². The fourth-order valence-electron chi connectivity index (χ4n) is 2.31. The first kappa shape index (κ1) is 17.5. The minimum Gasteiger partial charge on any atom is -0.462 e. The smallest absolute Gasteiger partial charge is 0.338 e. The van der Waals surface area contributed by atoms with E-state index >= 15 is 0 Å². The van der Waals surface area contributed by atoms with Crippen molar-refractivity contribution in [2.75, 3.05) is 19.0 Å². The Hall–Kier alpha value is -2.82. The summed E-state index contributed by atoms with van der Waals surface area (Å²) in [5.41, 5.74) is 3.84. The van der Waals surface area contributed by atoms with Crippen molar-refractivity contribution in [1.82, 2.24) is 5.32 Å². The van der Waals surface area contributed by atoms with Gasteiger partial charge in [0.1, 0.15) is 0 Å². The van der Waals surface area contributed by atoms with Gasteiger partial charge < -0.3 is 15.4 Å². The number of hydrogen-bond donors (Lipinski definition) is 2. The van der Waals surface area contributed by atoms with Crippen molar-refractivity contribution in [3.05, 3.63) is 64.7 Å². The predicted molar refractivity (Wildman–Crippen MR) is 94.3 cm³/mol. The lowest BCUT2D eigenvalue weighted by atomic mass is 10.1.